The third kappa shape index (κ3) is 4.93. The number of rotatable bonds is 8. The van der Waals surface area contributed by atoms with Gasteiger partial charge in [0.05, 0.1) is 11.4 Å². The number of ether oxygens (including phenoxy) is 1. The molecule has 0 unspecified atom stereocenters. The number of carbonyl (C=O) groups excluding carboxylic acids is 1. The van der Waals surface area contributed by atoms with Crippen LogP contribution in [-0.4, -0.2) is 22.2 Å². The van der Waals surface area contributed by atoms with Gasteiger partial charge in [0.15, 0.2) is 5.76 Å². The third-order valence-electron chi connectivity index (χ3n) is 4.34. The van der Waals surface area contributed by atoms with Crippen LogP contribution in [0.3, 0.4) is 0 Å². The molecular weight excluding hydrogens is 366 g/mol. The molecule has 6 heteroatoms. The van der Waals surface area contributed by atoms with E-state index in [2.05, 4.69) is 10.4 Å². The smallest absolute Gasteiger partial charge is 0.287 e. The number of furan rings is 1. The molecule has 2 aromatic heterocycles. The van der Waals surface area contributed by atoms with E-state index in [9.17, 15) is 4.79 Å². The number of aromatic nitrogens is 2. The second kappa shape index (κ2) is 8.93. The Labute approximate surface area is 168 Å². The quantitative estimate of drug-likeness (QED) is 0.496. The van der Waals surface area contributed by atoms with Crippen molar-refractivity contribution in [3.63, 3.8) is 0 Å². The van der Waals surface area contributed by atoms with E-state index < -0.39 is 0 Å². The second-order valence-corrected chi connectivity index (χ2v) is 6.46. The molecule has 2 aromatic carbocycles. The molecule has 4 aromatic rings. The number of nitrogens with one attached hydrogen (secondary N) is 1. The summed E-state index contributed by atoms with van der Waals surface area (Å²) >= 11 is 0. The van der Waals surface area contributed by atoms with Gasteiger partial charge < -0.3 is 14.5 Å². The maximum absolute atomic E-state index is 12.3. The van der Waals surface area contributed by atoms with Crippen LogP contribution in [0, 0.1) is 0 Å². The Balaban J connectivity index is 1.25. The van der Waals surface area contributed by atoms with Gasteiger partial charge in [-0.25, -0.2) is 4.68 Å². The highest BCUT2D eigenvalue weighted by molar-refractivity contribution is 5.91. The molecule has 0 aliphatic heterocycles. The minimum atomic E-state index is -0.251. The van der Waals surface area contributed by atoms with Gasteiger partial charge in [-0.3, -0.25) is 4.79 Å². The van der Waals surface area contributed by atoms with E-state index in [-0.39, 0.29) is 18.3 Å². The summed E-state index contributed by atoms with van der Waals surface area (Å²) in [7, 11) is 0. The van der Waals surface area contributed by atoms with Crippen LogP contribution in [0.2, 0.25) is 0 Å². The largest absolute Gasteiger partial charge is 0.486 e. The first-order valence-corrected chi connectivity index (χ1v) is 9.43. The molecule has 2 heterocycles. The first kappa shape index (κ1) is 18.6. The van der Waals surface area contributed by atoms with E-state index in [1.165, 1.54) is 0 Å². The Hall–Kier alpha value is -3.80. The van der Waals surface area contributed by atoms with Crippen LogP contribution in [0.1, 0.15) is 22.0 Å². The number of hydrogen-bond donors (Lipinski definition) is 1. The molecule has 0 radical (unpaired) electrons. The minimum Gasteiger partial charge on any atom is -0.486 e. The van der Waals surface area contributed by atoms with Gasteiger partial charge in [-0.05, 0) is 42.5 Å². The lowest BCUT2D eigenvalue weighted by Gasteiger charge is -2.04. The monoisotopic (exact) mass is 387 g/mol. The molecule has 1 amide bonds. The molecule has 0 spiro atoms. The molecule has 0 saturated carbocycles. The van der Waals surface area contributed by atoms with Crippen LogP contribution in [0.15, 0.2) is 89.5 Å². The highest BCUT2D eigenvalue weighted by Crippen LogP contribution is 2.14. The molecule has 6 nitrogen and oxygen atoms in total. The molecule has 0 bridgehead atoms. The van der Waals surface area contributed by atoms with E-state index in [1.807, 2.05) is 77.6 Å². The highest BCUT2D eigenvalue weighted by atomic mass is 16.5. The van der Waals surface area contributed by atoms with Crippen molar-refractivity contribution in [3.8, 4) is 11.4 Å². The Morgan fingerprint density at radius 1 is 0.966 bits per heavy atom. The van der Waals surface area contributed by atoms with Crippen LogP contribution in [0.4, 0.5) is 0 Å². The summed E-state index contributed by atoms with van der Waals surface area (Å²) in [5.74, 6) is 1.37. The minimum absolute atomic E-state index is 0.251. The zero-order chi connectivity index (χ0) is 19.9. The Morgan fingerprint density at radius 3 is 2.52 bits per heavy atom. The first-order valence-electron chi connectivity index (χ1n) is 9.43. The topological polar surface area (TPSA) is 69.3 Å². The Morgan fingerprint density at radius 2 is 1.72 bits per heavy atom. The standard InChI is InChI=1S/C23H21N3O3/c27-23(22-12-11-21(29-22)17-28-20-9-5-2-6-10-20)24-15-13-18-14-16-26(25-18)19-7-3-1-4-8-19/h1-12,14,16H,13,15,17H2,(H,24,27). The summed E-state index contributed by atoms with van der Waals surface area (Å²) in [5, 5.41) is 7.39. The van der Waals surface area contributed by atoms with Crippen LogP contribution in [0.25, 0.3) is 5.69 Å². The van der Waals surface area contributed by atoms with Gasteiger partial charge in [-0.15, -0.1) is 0 Å². The van der Waals surface area contributed by atoms with Crippen molar-refractivity contribution in [2.75, 3.05) is 6.54 Å². The van der Waals surface area contributed by atoms with Gasteiger partial charge in [-0.1, -0.05) is 36.4 Å². The average Bonchev–Trinajstić information content (AvgIpc) is 3.44. The normalized spacial score (nSPS) is 10.6. The lowest BCUT2D eigenvalue weighted by atomic mass is 10.3. The molecule has 29 heavy (non-hydrogen) atoms. The van der Waals surface area contributed by atoms with E-state index in [4.69, 9.17) is 9.15 Å². The van der Waals surface area contributed by atoms with Gasteiger partial charge in [0, 0.05) is 19.2 Å². The lowest BCUT2D eigenvalue weighted by Crippen LogP contribution is -2.25. The summed E-state index contributed by atoms with van der Waals surface area (Å²) < 4.78 is 13.0. The molecule has 4 rings (SSSR count). The zero-order valence-corrected chi connectivity index (χ0v) is 15.8. The zero-order valence-electron chi connectivity index (χ0n) is 15.8. The number of hydrogen-bond acceptors (Lipinski definition) is 4. The summed E-state index contributed by atoms with van der Waals surface area (Å²) in [5.41, 5.74) is 1.91. The molecular formula is C23H21N3O3. The number of para-hydroxylation sites is 2. The van der Waals surface area contributed by atoms with Gasteiger partial charge >= 0.3 is 0 Å². The number of amides is 1. The van der Waals surface area contributed by atoms with Crippen molar-refractivity contribution in [1.29, 1.82) is 0 Å². The van der Waals surface area contributed by atoms with E-state index in [0.717, 1.165) is 17.1 Å². The van der Waals surface area contributed by atoms with Crippen LogP contribution in [-0.2, 0) is 13.0 Å². The summed E-state index contributed by atoms with van der Waals surface area (Å²) in [6.45, 7) is 0.745. The summed E-state index contributed by atoms with van der Waals surface area (Å²) in [6.07, 6.45) is 2.55. The van der Waals surface area contributed by atoms with Crippen molar-refractivity contribution in [2.24, 2.45) is 0 Å². The predicted molar refractivity (Wildman–Crippen MR) is 109 cm³/mol. The number of carbonyl (C=O) groups is 1. The molecule has 0 aliphatic rings. The lowest BCUT2D eigenvalue weighted by molar-refractivity contribution is 0.0922. The molecule has 0 fully saturated rings. The van der Waals surface area contributed by atoms with Crippen molar-refractivity contribution in [3.05, 3.63) is 102 Å². The summed E-state index contributed by atoms with van der Waals surface area (Å²) in [4.78, 5) is 12.3. The van der Waals surface area contributed by atoms with E-state index in [0.29, 0.717) is 18.7 Å². The number of nitrogens with zero attached hydrogens (tertiary/aromatic N) is 2. The van der Waals surface area contributed by atoms with Crippen LogP contribution in [0.5, 0.6) is 5.75 Å². The van der Waals surface area contributed by atoms with Crippen molar-refractivity contribution < 1.29 is 13.9 Å². The maximum atomic E-state index is 12.3. The van der Waals surface area contributed by atoms with Gasteiger partial charge in [0.25, 0.3) is 5.91 Å². The van der Waals surface area contributed by atoms with Crippen molar-refractivity contribution in [2.45, 2.75) is 13.0 Å². The molecule has 0 atom stereocenters. The fourth-order valence-corrected chi connectivity index (χ4v) is 2.86. The van der Waals surface area contributed by atoms with E-state index in [1.54, 1.807) is 12.1 Å². The van der Waals surface area contributed by atoms with Crippen LogP contribution >= 0.6 is 0 Å². The molecule has 0 saturated heterocycles. The van der Waals surface area contributed by atoms with Crippen molar-refractivity contribution in [1.82, 2.24) is 15.1 Å². The first-order chi connectivity index (χ1) is 14.3. The van der Waals surface area contributed by atoms with Gasteiger partial charge in [0.2, 0.25) is 0 Å². The Bertz CT molecular complexity index is 1060. The SMILES string of the molecule is O=C(NCCc1ccn(-c2ccccc2)n1)c1ccc(COc2ccccc2)o1. The fourth-order valence-electron chi connectivity index (χ4n) is 2.86. The summed E-state index contributed by atoms with van der Waals surface area (Å²) in [6, 6.07) is 24.7. The van der Waals surface area contributed by atoms with Gasteiger partial charge in [0.1, 0.15) is 18.1 Å². The maximum Gasteiger partial charge on any atom is 0.287 e. The molecule has 1 N–H and O–H groups in total. The van der Waals surface area contributed by atoms with E-state index >= 15 is 0 Å². The molecule has 146 valence electrons. The highest BCUT2D eigenvalue weighted by Gasteiger charge is 2.11. The van der Waals surface area contributed by atoms with Gasteiger partial charge in [-0.2, -0.15) is 5.10 Å². The third-order valence-corrected chi connectivity index (χ3v) is 4.34. The van der Waals surface area contributed by atoms with Crippen molar-refractivity contribution >= 4 is 5.91 Å². The fraction of sp³-hybridized carbons (Fsp3) is 0.130. The molecule has 0 aliphatic carbocycles. The van der Waals surface area contributed by atoms with Crippen LogP contribution < -0.4 is 10.1 Å². The predicted octanol–water partition coefficient (Wildman–Crippen LogP) is 4.02. The average molecular weight is 387 g/mol. The second-order valence-electron chi connectivity index (χ2n) is 6.46. The Kier molecular flexibility index (Phi) is 5.71. The number of benzene rings is 2.